The Balaban J connectivity index is 1.15. The zero-order valence-corrected chi connectivity index (χ0v) is 34.5. The summed E-state index contributed by atoms with van der Waals surface area (Å²) in [6.07, 6.45) is 9.15. The standard InChI is InChI=1S/C60H41N3/c1-5-19-40(20-6-1)42-35-54(41-21-7-2-8-22-41)61-59(36-42)63-56-37-44(60(43-23-9-3-10-24-43)52-30-16-13-27-46(52)47-28-14-17-31-53(47)60)33-34-49(56)51-38-57-50(39-58(51)63)48-29-15-18-32-55(48)62(57)45-25-11-4-12-26-45/h1-39,48,55H. The SMILES string of the molecule is C1=CC2c3cc4c(cc3N(c3ccccc3)C2C=C1)c1ccc(C2(c3ccccc3)c3ccccc3-c3ccccc32)cc1n4-c1cc(-c2ccccc2)cc(-c2ccccc2)n1. The molecule has 1 aliphatic heterocycles. The smallest absolute Gasteiger partial charge is 0.138 e. The molecule has 2 atom stereocenters. The quantitative estimate of drug-likeness (QED) is 0.167. The number of allylic oxidation sites excluding steroid dienone is 2. The molecule has 0 N–H and O–H groups in total. The van der Waals surface area contributed by atoms with Gasteiger partial charge in [0.15, 0.2) is 0 Å². The van der Waals surface area contributed by atoms with E-state index in [1.54, 1.807) is 0 Å². The highest BCUT2D eigenvalue weighted by Crippen LogP contribution is 2.57. The monoisotopic (exact) mass is 803 g/mol. The summed E-state index contributed by atoms with van der Waals surface area (Å²) in [4.78, 5) is 8.15. The normalized spacial score (nSPS) is 16.5. The molecule has 0 spiro atoms. The number of nitrogens with zero attached hydrogens (tertiary/aromatic N) is 3. The Morgan fingerprint density at radius 3 is 1.76 bits per heavy atom. The van der Waals surface area contributed by atoms with E-state index in [4.69, 9.17) is 4.98 Å². The number of fused-ring (bicyclic) bond motifs is 9. The third-order valence-electron chi connectivity index (χ3n) is 13.8. The topological polar surface area (TPSA) is 21.1 Å². The summed E-state index contributed by atoms with van der Waals surface area (Å²) in [6.45, 7) is 0. The van der Waals surface area contributed by atoms with Crippen LogP contribution in [-0.4, -0.2) is 15.6 Å². The van der Waals surface area contributed by atoms with Gasteiger partial charge in [-0.3, -0.25) is 4.57 Å². The van der Waals surface area contributed by atoms with Crippen molar-refractivity contribution in [3.8, 4) is 39.3 Å². The average molecular weight is 804 g/mol. The van der Waals surface area contributed by atoms with Gasteiger partial charge < -0.3 is 4.90 Å². The number of anilines is 2. The zero-order chi connectivity index (χ0) is 41.5. The van der Waals surface area contributed by atoms with Crippen LogP contribution >= 0.6 is 0 Å². The van der Waals surface area contributed by atoms with Crippen molar-refractivity contribution in [3.05, 3.63) is 264 Å². The summed E-state index contributed by atoms with van der Waals surface area (Å²) < 4.78 is 2.46. The summed E-state index contributed by atoms with van der Waals surface area (Å²) in [5.41, 5.74) is 17.4. The van der Waals surface area contributed by atoms with Crippen LogP contribution in [0.25, 0.3) is 61.1 Å². The van der Waals surface area contributed by atoms with E-state index in [0.717, 1.165) is 39.2 Å². The lowest BCUT2D eigenvalue weighted by Gasteiger charge is -2.34. The van der Waals surface area contributed by atoms with Crippen LogP contribution < -0.4 is 4.90 Å². The predicted octanol–water partition coefficient (Wildman–Crippen LogP) is 14.6. The largest absolute Gasteiger partial charge is 0.333 e. The van der Waals surface area contributed by atoms with Gasteiger partial charge in [-0.2, -0.15) is 0 Å². The highest BCUT2D eigenvalue weighted by molar-refractivity contribution is 6.12. The molecular weight excluding hydrogens is 763 g/mol. The summed E-state index contributed by atoms with van der Waals surface area (Å²) >= 11 is 0. The van der Waals surface area contributed by atoms with Crippen LogP contribution in [0, 0.1) is 0 Å². The molecule has 3 heteroatoms. The third kappa shape index (κ3) is 5.30. The van der Waals surface area contributed by atoms with Crippen LogP contribution in [0.5, 0.6) is 0 Å². The molecular formula is C60H41N3. The second-order valence-corrected chi connectivity index (χ2v) is 17.0. The van der Waals surface area contributed by atoms with Crippen molar-refractivity contribution in [1.29, 1.82) is 0 Å². The molecule has 2 unspecified atom stereocenters. The van der Waals surface area contributed by atoms with Gasteiger partial charge in [0.2, 0.25) is 0 Å². The average Bonchev–Trinajstić information content (AvgIpc) is 3.97. The number of rotatable bonds is 6. The number of hydrogen-bond acceptors (Lipinski definition) is 2. The van der Waals surface area contributed by atoms with E-state index in [0.29, 0.717) is 0 Å². The molecule has 3 nitrogen and oxygen atoms in total. The lowest BCUT2D eigenvalue weighted by Crippen LogP contribution is -2.28. The van der Waals surface area contributed by atoms with Crippen molar-refractivity contribution >= 4 is 33.2 Å². The Labute approximate surface area is 367 Å². The fourth-order valence-corrected chi connectivity index (χ4v) is 11.1. The number of para-hydroxylation sites is 1. The van der Waals surface area contributed by atoms with Crippen LogP contribution in [0.2, 0.25) is 0 Å². The van der Waals surface area contributed by atoms with Crippen molar-refractivity contribution in [1.82, 2.24) is 9.55 Å². The molecule has 2 aliphatic carbocycles. The minimum Gasteiger partial charge on any atom is -0.333 e. The molecule has 63 heavy (non-hydrogen) atoms. The molecule has 2 aromatic heterocycles. The first-order chi connectivity index (χ1) is 31.3. The Kier molecular flexibility index (Phi) is 7.95. The number of aromatic nitrogens is 2. The van der Waals surface area contributed by atoms with Gasteiger partial charge >= 0.3 is 0 Å². The molecule has 296 valence electrons. The van der Waals surface area contributed by atoms with Crippen molar-refractivity contribution in [3.63, 3.8) is 0 Å². The van der Waals surface area contributed by atoms with Gasteiger partial charge in [-0.15, -0.1) is 0 Å². The van der Waals surface area contributed by atoms with Gasteiger partial charge in [-0.25, -0.2) is 4.98 Å². The van der Waals surface area contributed by atoms with Crippen LogP contribution in [0.15, 0.2) is 237 Å². The first-order valence-corrected chi connectivity index (χ1v) is 22.0. The van der Waals surface area contributed by atoms with Gasteiger partial charge in [0, 0.05) is 33.6 Å². The molecule has 0 radical (unpaired) electrons. The van der Waals surface area contributed by atoms with Crippen molar-refractivity contribution in [2.75, 3.05) is 4.90 Å². The zero-order valence-electron chi connectivity index (χ0n) is 34.5. The van der Waals surface area contributed by atoms with Gasteiger partial charge in [-0.1, -0.05) is 194 Å². The molecule has 10 aromatic rings. The van der Waals surface area contributed by atoms with E-state index in [2.05, 4.69) is 246 Å². The fraction of sp³-hybridized carbons (Fsp3) is 0.0500. The molecule has 0 saturated heterocycles. The number of benzene rings is 8. The van der Waals surface area contributed by atoms with Gasteiger partial charge in [0.25, 0.3) is 0 Å². The third-order valence-corrected chi connectivity index (χ3v) is 13.8. The molecule has 0 bridgehead atoms. The fourth-order valence-electron chi connectivity index (χ4n) is 11.1. The van der Waals surface area contributed by atoms with Crippen LogP contribution in [0.1, 0.15) is 33.7 Å². The summed E-state index contributed by atoms with van der Waals surface area (Å²) in [5, 5.41) is 2.40. The van der Waals surface area contributed by atoms with Gasteiger partial charge in [0.05, 0.1) is 28.2 Å². The minimum absolute atomic E-state index is 0.183. The van der Waals surface area contributed by atoms with Gasteiger partial charge in [0.1, 0.15) is 5.82 Å². The maximum Gasteiger partial charge on any atom is 0.138 e. The first kappa shape index (κ1) is 35.7. The van der Waals surface area contributed by atoms with E-state index in [-0.39, 0.29) is 12.0 Å². The Hall–Kier alpha value is -8.01. The van der Waals surface area contributed by atoms with E-state index in [1.165, 1.54) is 61.1 Å². The summed E-state index contributed by atoms with van der Waals surface area (Å²) in [6, 6.07) is 78.2. The maximum atomic E-state index is 5.61. The molecule has 0 fully saturated rings. The van der Waals surface area contributed by atoms with E-state index in [1.807, 2.05) is 0 Å². The lowest BCUT2D eigenvalue weighted by atomic mass is 9.67. The molecule has 3 aliphatic rings. The lowest BCUT2D eigenvalue weighted by molar-refractivity contribution is 0.745. The molecule has 13 rings (SSSR count). The number of pyridine rings is 1. The van der Waals surface area contributed by atoms with E-state index < -0.39 is 5.41 Å². The maximum absolute atomic E-state index is 5.61. The molecule has 0 saturated carbocycles. The van der Waals surface area contributed by atoms with Crippen LogP contribution in [0.3, 0.4) is 0 Å². The van der Waals surface area contributed by atoms with Crippen molar-refractivity contribution < 1.29 is 0 Å². The Morgan fingerprint density at radius 1 is 0.444 bits per heavy atom. The van der Waals surface area contributed by atoms with Crippen LogP contribution in [0.4, 0.5) is 11.4 Å². The number of hydrogen-bond donors (Lipinski definition) is 0. The summed E-state index contributed by atoms with van der Waals surface area (Å²) in [7, 11) is 0. The Morgan fingerprint density at radius 2 is 1.05 bits per heavy atom. The molecule has 0 amide bonds. The molecule has 8 aromatic carbocycles. The van der Waals surface area contributed by atoms with Crippen LogP contribution in [-0.2, 0) is 5.41 Å². The van der Waals surface area contributed by atoms with Gasteiger partial charge in [-0.05, 0) is 92.5 Å². The second kappa shape index (κ2) is 14.0. The molecule has 3 heterocycles. The summed E-state index contributed by atoms with van der Waals surface area (Å²) in [5.74, 6) is 1.09. The van der Waals surface area contributed by atoms with E-state index >= 15 is 0 Å². The predicted molar refractivity (Wildman–Crippen MR) is 260 cm³/mol. The van der Waals surface area contributed by atoms with Crippen molar-refractivity contribution in [2.45, 2.75) is 17.4 Å². The first-order valence-electron chi connectivity index (χ1n) is 22.0. The second-order valence-electron chi connectivity index (χ2n) is 17.0. The van der Waals surface area contributed by atoms with E-state index in [9.17, 15) is 0 Å². The minimum atomic E-state index is -0.545. The van der Waals surface area contributed by atoms with Crippen molar-refractivity contribution in [2.24, 2.45) is 0 Å². The Bertz CT molecular complexity index is 3350. The highest BCUT2D eigenvalue weighted by atomic mass is 15.2. The highest BCUT2D eigenvalue weighted by Gasteiger charge is 2.46.